The standard InChI is InChI=1S/C21H26N4S/c1-4-15-12-26-21-23-19(18-7-5-6-10-22-18)20(25(15)21)17-11-13(2)24(14(17)3)16-8-9-16/h5-7,10-11,15-16,19-20H,4,8-9,12H2,1-3H3/t15-,19-,20-/m1/s1. The first kappa shape index (κ1) is 16.4. The van der Waals surface area contributed by atoms with Gasteiger partial charge >= 0.3 is 0 Å². The van der Waals surface area contributed by atoms with Crippen molar-refractivity contribution in [2.75, 3.05) is 5.75 Å². The maximum absolute atomic E-state index is 5.15. The topological polar surface area (TPSA) is 33.4 Å². The summed E-state index contributed by atoms with van der Waals surface area (Å²) >= 11 is 1.92. The van der Waals surface area contributed by atoms with Crippen LogP contribution in [0.5, 0.6) is 0 Å². The van der Waals surface area contributed by atoms with Gasteiger partial charge in [-0.25, -0.2) is 0 Å². The Morgan fingerprint density at radius 3 is 2.77 bits per heavy atom. The Balaban J connectivity index is 1.62. The number of thioether (sulfide) groups is 1. The Morgan fingerprint density at radius 1 is 1.23 bits per heavy atom. The monoisotopic (exact) mass is 366 g/mol. The average Bonchev–Trinajstić information content (AvgIpc) is 3.19. The zero-order valence-corrected chi connectivity index (χ0v) is 16.5. The van der Waals surface area contributed by atoms with E-state index in [9.17, 15) is 0 Å². The molecular weight excluding hydrogens is 340 g/mol. The van der Waals surface area contributed by atoms with E-state index >= 15 is 0 Å². The molecule has 1 saturated heterocycles. The van der Waals surface area contributed by atoms with Gasteiger partial charge in [-0.05, 0) is 56.9 Å². The van der Waals surface area contributed by atoms with E-state index in [0.29, 0.717) is 12.1 Å². The van der Waals surface area contributed by atoms with Gasteiger partial charge in [-0.3, -0.25) is 9.98 Å². The summed E-state index contributed by atoms with van der Waals surface area (Å²) in [5.41, 5.74) is 5.36. The normalized spacial score (nSPS) is 27.7. The minimum absolute atomic E-state index is 0.0983. The van der Waals surface area contributed by atoms with E-state index < -0.39 is 0 Å². The lowest BCUT2D eigenvalue weighted by atomic mass is 9.95. The van der Waals surface area contributed by atoms with Crippen molar-refractivity contribution in [1.29, 1.82) is 0 Å². The summed E-state index contributed by atoms with van der Waals surface area (Å²) in [6.45, 7) is 6.86. The lowest BCUT2D eigenvalue weighted by Crippen LogP contribution is -2.35. The summed E-state index contributed by atoms with van der Waals surface area (Å²) in [6, 6.07) is 10.3. The molecule has 0 N–H and O–H groups in total. The number of pyridine rings is 1. The number of aryl methyl sites for hydroxylation is 1. The number of rotatable bonds is 4. The molecule has 3 atom stereocenters. The molecule has 2 fully saturated rings. The van der Waals surface area contributed by atoms with Gasteiger partial charge in [0, 0.05) is 35.4 Å². The summed E-state index contributed by atoms with van der Waals surface area (Å²) in [4.78, 5) is 12.4. The highest BCUT2D eigenvalue weighted by atomic mass is 32.2. The quantitative estimate of drug-likeness (QED) is 0.778. The molecule has 1 aliphatic carbocycles. The molecule has 2 aromatic rings. The molecule has 5 heteroatoms. The maximum atomic E-state index is 5.15. The van der Waals surface area contributed by atoms with E-state index in [1.807, 2.05) is 24.0 Å². The summed E-state index contributed by atoms with van der Waals surface area (Å²) in [7, 11) is 0. The molecule has 26 heavy (non-hydrogen) atoms. The van der Waals surface area contributed by atoms with Crippen molar-refractivity contribution in [3.8, 4) is 0 Å². The van der Waals surface area contributed by atoms with Crippen LogP contribution in [0, 0.1) is 13.8 Å². The van der Waals surface area contributed by atoms with E-state index in [4.69, 9.17) is 4.99 Å². The van der Waals surface area contributed by atoms with Crippen molar-refractivity contribution in [2.24, 2.45) is 4.99 Å². The molecule has 0 amide bonds. The molecular formula is C21H26N4S. The lowest BCUT2D eigenvalue weighted by molar-refractivity contribution is 0.254. The maximum Gasteiger partial charge on any atom is 0.160 e. The molecule has 0 bridgehead atoms. The van der Waals surface area contributed by atoms with Crippen molar-refractivity contribution < 1.29 is 0 Å². The van der Waals surface area contributed by atoms with Gasteiger partial charge in [0.05, 0.1) is 11.7 Å². The first-order chi connectivity index (χ1) is 12.7. The summed E-state index contributed by atoms with van der Waals surface area (Å²) < 4.78 is 2.56. The molecule has 4 heterocycles. The first-order valence-electron chi connectivity index (χ1n) is 9.77. The van der Waals surface area contributed by atoms with Crippen LogP contribution in [0.3, 0.4) is 0 Å². The molecule has 2 aromatic heterocycles. The Hall–Kier alpha value is -1.75. The largest absolute Gasteiger partial charge is 0.346 e. The lowest BCUT2D eigenvalue weighted by Gasteiger charge is -2.32. The van der Waals surface area contributed by atoms with Crippen LogP contribution >= 0.6 is 11.8 Å². The van der Waals surface area contributed by atoms with Crippen LogP contribution in [0.2, 0.25) is 0 Å². The van der Waals surface area contributed by atoms with Crippen LogP contribution in [0.15, 0.2) is 35.5 Å². The molecule has 0 spiro atoms. The summed E-state index contributed by atoms with van der Waals surface area (Å²) in [5.74, 6) is 1.15. The van der Waals surface area contributed by atoms with Gasteiger partial charge < -0.3 is 9.47 Å². The van der Waals surface area contributed by atoms with Crippen molar-refractivity contribution in [1.82, 2.24) is 14.5 Å². The van der Waals surface area contributed by atoms with Gasteiger partial charge in [0.2, 0.25) is 0 Å². The Bertz CT molecular complexity index is 852. The molecule has 2 aliphatic heterocycles. The van der Waals surface area contributed by atoms with Gasteiger partial charge in [0.25, 0.3) is 0 Å². The zero-order chi connectivity index (χ0) is 17.8. The van der Waals surface area contributed by atoms with E-state index in [0.717, 1.165) is 11.4 Å². The highest BCUT2D eigenvalue weighted by Gasteiger charge is 2.46. The Labute approximate surface area is 159 Å². The van der Waals surface area contributed by atoms with Crippen LogP contribution in [-0.2, 0) is 0 Å². The molecule has 1 saturated carbocycles. The highest BCUT2D eigenvalue weighted by Crippen LogP contribution is 2.50. The number of nitrogens with zero attached hydrogens (tertiary/aromatic N) is 4. The molecule has 5 rings (SSSR count). The molecule has 3 aliphatic rings. The predicted molar refractivity (Wildman–Crippen MR) is 108 cm³/mol. The average molecular weight is 367 g/mol. The number of hydrogen-bond acceptors (Lipinski definition) is 4. The highest BCUT2D eigenvalue weighted by molar-refractivity contribution is 8.14. The number of aromatic nitrogens is 2. The third kappa shape index (κ3) is 2.43. The SMILES string of the molecule is CC[C@@H]1CSC2=N[C@H](c3ccccn3)[C@@H](c3cc(C)n(C4CC4)c3C)N21. The summed E-state index contributed by atoms with van der Waals surface area (Å²) in [5, 5.41) is 1.22. The fourth-order valence-corrected chi connectivity index (χ4v) is 6.02. The molecule has 0 aromatic carbocycles. The third-order valence-electron chi connectivity index (χ3n) is 6.08. The molecule has 0 unspecified atom stereocenters. The second-order valence-corrected chi connectivity index (χ2v) is 8.75. The smallest absolute Gasteiger partial charge is 0.160 e. The molecule has 0 radical (unpaired) electrons. The van der Waals surface area contributed by atoms with Gasteiger partial charge in [0.15, 0.2) is 5.17 Å². The fraction of sp³-hybridized carbons (Fsp3) is 0.524. The van der Waals surface area contributed by atoms with Crippen LogP contribution in [0.25, 0.3) is 0 Å². The van der Waals surface area contributed by atoms with Crippen molar-refractivity contribution in [3.05, 3.63) is 53.1 Å². The Kier molecular flexibility index (Phi) is 3.89. The van der Waals surface area contributed by atoms with Gasteiger partial charge in [0.1, 0.15) is 6.04 Å². The number of aliphatic imine (C=N–C) groups is 1. The van der Waals surface area contributed by atoms with E-state index in [-0.39, 0.29) is 12.1 Å². The fourth-order valence-electron chi connectivity index (χ4n) is 4.68. The van der Waals surface area contributed by atoms with Crippen LogP contribution in [-0.4, -0.2) is 31.4 Å². The van der Waals surface area contributed by atoms with Gasteiger partial charge in [-0.1, -0.05) is 24.8 Å². The Morgan fingerprint density at radius 2 is 2.08 bits per heavy atom. The number of fused-ring (bicyclic) bond motifs is 1. The number of amidine groups is 1. The summed E-state index contributed by atoms with van der Waals surface area (Å²) in [6.07, 6.45) is 5.71. The van der Waals surface area contributed by atoms with Gasteiger partial charge in [-0.2, -0.15) is 0 Å². The minimum atomic E-state index is 0.0983. The van der Waals surface area contributed by atoms with Gasteiger partial charge in [-0.15, -0.1) is 0 Å². The minimum Gasteiger partial charge on any atom is -0.346 e. The second-order valence-electron chi connectivity index (χ2n) is 7.76. The van der Waals surface area contributed by atoms with Crippen molar-refractivity contribution >= 4 is 16.9 Å². The molecule has 136 valence electrons. The second kappa shape index (κ2) is 6.15. The van der Waals surface area contributed by atoms with Crippen LogP contribution in [0.4, 0.5) is 0 Å². The number of hydrogen-bond donors (Lipinski definition) is 0. The predicted octanol–water partition coefficient (Wildman–Crippen LogP) is 4.81. The van der Waals surface area contributed by atoms with E-state index in [2.05, 4.69) is 53.4 Å². The third-order valence-corrected chi connectivity index (χ3v) is 7.21. The zero-order valence-electron chi connectivity index (χ0n) is 15.7. The van der Waals surface area contributed by atoms with E-state index in [1.165, 1.54) is 41.4 Å². The van der Waals surface area contributed by atoms with E-state index in [1.54, 1.807) is 0 Å². The molecule has 4 nitrogen and oxygen atoms in total. The van der Waals surface area contributed by atoms with Crippen LogP contribution in [0.1, 0.15) is 67.0 Å². The van der Waals surface area contributed by atoms with Crippen molar-refractivity contribution in [2.45, 2.75) is 64.2 Å². The van der Waals surface area contributed by atoms with Crippen molar-refractivity contribution in [3.63, 3.8) is 0 Å². The van der Waals surface area contributed by atoms with Crippen LogP contribution < -0.4 is 0 Å². The first-order valence-corrected chi connectivity index (χ1v) is 10.8.